The summed E-state index contributed by atoms with van der Waals surface area (Å²) in [6.07, 6.45) is 6.82. The summed E-state index contributed by atoms with van der Waals surface area (Å²) >= 11 is 0. The molecular formula is C18H36N2. The molecule has 0 bridgehead atoms. The summed E-state index contributed by atoms with van der Waals surface area (Å²) in [7, 11) is 0. The second kappa shape index (κ2) is 6.36. The Bertz CT molecular complexity index is 309. The van der Waals surface area contributed by atoms with Gasteiger partial charge in [-0.25, -0.2) is 0 Å². The van der Waals surface area contributed by atoms with Gasteiger partial charge in [0.25, 0.3) is 0 Å². The van der Waals surface area contributed by atoms with Crippen LogP contribution in [-0.4, -0.2) is 37.1 Å². The van der Waals surface area contributed by atoms with E-state index in [0.717, 1.165) is 5.92 Å². The minimum atomic E-state index is 0.477. The third-order valence-corrected chi connectivity index (χ3v) is 5.56. The normalized spacial score (nSPS) is 33.5. The van der Waals surface area contributed by atoms with Crippen molar-refractivity contribution in [1.29, 1.82) is 0 Å². The second-order valence-corrected chi connectivity index (χ2v) is 8.72. The Hall–Kier alpha value is -0.0800. The van der Waals surface area contributed by atoms with Crippen molar-refractivity contribution in [3.63, 3.8) is 0 Å². The van der Waals surface area contributed by atoms with E-state index in [1.54, 1.807) is 0 Å². The summed E-state index contributed by atoms with van der Waals surface area (Å²) < 4.78 is 0. The molecule has 2 heteroatoms. The van der Waals surface area contributed by atoms with Gasteiger partial charge in [0.05, 0.1) is 0 Å². The number of piperidine rings is 1. The first-order valence-corrected chi connectivity index (χ1v) is 8.80. The van der Waals surface area contributed by atoms with Gasteiger partial charge in [-0.3, -0.25) is 0 Å². The van der Waals surface area contributed by atoms with Crippen molar-refractivity contribution in [2.24, 2.45) is 16.7 Å². The Balaban J connectivity index is 1.93. The van der Waals surface area contributed by atoms with Crippen LogP contribution < -0.4 is 5.32 Å². The summed E-state index contributed by atoms with van der Waals surface area (Å²) in [5.41, 5.74) is 1.00. The smallest absolute Gasteiger partial charge is 0.0159 e. The highest BCUT2D eigenvalue weighted by molar-refractivity contribution is 4.97. The third-order valence-electron chi connectivity index (χ3n) is 5.56. The van der Waals surface area contributed by atoms with E-state index < -0.39 is 0 Å². The molecule has 0 radical (unpaired) electrons. The van der Waals surface area contributed by atoms with Crippen LogP contribution >= 0.6 is 0 Å². The monoisotopic (exact) mass is 280 g/mol. The molecule has 1 aliphatic carbocycles. The fourth-order valence-corrected chi connectivity index (χ4v) is 4.49. The van der Waals surface area contributed by atoms with Gasteiger partial charge in [0.2, 0.25) is 0 Å². The lowest BCUT2D eigenvalue weighted by atomic mass is 9.82. The Kier molecular flexibility index (Phi) is 5.18. The van der Waals surface area contributed by atoms with E-state index in [1.807, 2.05) is 0 Å². The summed E-state index contributed by atoms with van der Waals surface area (Å²) in [4.78, 5) is 2.75. The third kappa shape index (κ3) is 3.98. The van der Waals surface area contributed by atoms with Crippen LogP contribution in [0.25, 0.3) is 0 Å². The van der Waals surface area contributed by atoms with Crippen molar-refractivity contribution in [2.45, 2.75) is 72.8 Å². The molecule has 0 aromatic heterocycles. The predicted octanol–water partition coefficient (Wildman–Crippen LogP) is 3.91. The lowest BCUT2D eigenvalue weighted by molar-refractivity contribution is 0.0922. The highest BCUT2D eigenvalue weighted by atomic mass is 15.1. The first kappa shape index (κ1) is 16.3. The maximum Gasteiger partial charge on any atom is 0.0159 e. The fraction of sp³-hybridized carbons (Fsp3) is 1.00. The topological polar surface area (TPSA) is 15.3 Å². The first-order valence-electron chi connectivity index (χ1n) is 8.80. The number of hydrogen-bond donors (Lipinski definition) is 1. The number of rotatable bonds is 5. The molecule has 1 N–H and O–H groups in total. The van der Waals surface area contributed by atoms with Crippen molar-refractivity contribution in [3.05, 3.63) is 0 Å². The van der Waals surface area contributed by atoms with Gasteiger partial charge in [-0.2, -0.15) is 0 Å². The van der Waals surface area contributed by atoms with E-state index >= 15 is 0 Å². The molecule has 1 aliphatic heterocycles. The molecule has 1 saturated heterocycles. The maximum atomic E-state index is 3.86. The maximum absolute atomic E-state index is 3.86. The first-order chi connectivity index (χ1) is 9.34. The SMILES string of the molecule is CCCNC1C(CN2CCCC(C)(C)C2)CCC1(C)C. The van der Waals surface area contributed by atoms with Crippen molar-refractivity contribution >= 4 is 0 Å². The number of nitrogens with one attached hydrogen (secondary N) is 1. The van der Waals surface area contributed by atoms with Crippen LogP contribution in [0.2, 0.25) is 0 Å². The van der Waals surface area contributed by atoms with Crippen molar-refractivity contribution in [3.8, 4) is 0 Å². The summed E-state index contributed by atoms with van der Waals surface area (Å²) in [5, 5.41) is 3.86. The van der Waals surface area contributed by atoms with Gasteiger partial charge in [-0.15, -0.1) is 0 Å². The average molecular weight is 280 g/mol. The lowest BCUT2D eigenvalue weighted by Crippen LogP contribution is -2.48. The summed E-state index contributed by atoms with van der Waals surface area (Å²) in [6, 6.07) is 0.715. The predicted molar refractivity (Wildman–Crippen MR) is 88.0 cm³/mol. The van der Waals surface area contributed by atoms with E-state index in [1.165, 1.54) is 58.3 Å². The molecular weight excluding hydrogens is 244 g/mol. The Morgan fingerprint density at radius 1 is 1.15 bits per heavy atom. The molecule has 2 fully saturated rings. The quantitative estimate of drug-likeness (QED) is 0.821. The molecule has 20 heavy (non-hydrogen) atoms. The Morgan fingerprint density at radius 2 is 1.90 bits per heavy atom. The van der Waals surface area contributed by atoms with Crippen LogP contribution in [0.1, 0.15) is 66.7 Å². The number of nitrogens with zero attached hydrogens (tertiary/aromatic N) is 1. The fourth-order valence-electron chi connectivity index (χ4n) is 4.49. The van der Waals surface area contributed by atoms with Crippen LogP contribution in [0.15, 0.2) is 0 Å². The zero-order valence-corrected chi connectivity index (χ0v) is 14.5. The molecule has 2 unspecified atom stereocenters. The molecule has 0 aromatic carbocycles. The number of likely N-dealkylation sites (tertiary alicyclic amines) is 1. The highest BCUT2D eigenvalue weighted by Crippen LogP contribution is 2.42. The molecule has 118 valence electrons. The van der Waals surface area contributed by atoms with E-state index in [9.17, 15) is 0 Å². The zero-order valence-electron chi connectivity index (χ0n) is 14.5. The summed E-state index contributed by atoms with van der Waals surface area (Å²) in [5.74, 6) is 0.852. The van der Waals surface area contributed by atoms with Crippen molar-refractivity contribution < 1.29 is 0 Å². The Morgan fingerprint density at radius 3 is 2.55 bits per heavy atom. The van der Waals surface area contributed by atoms with Gasteiger partial charge < -0.3 is 10.2 Å². The van der Waals surface area contributed by atoms with Crippen LogP contribution in [-0.2, 0) is 0 Å². The van der Waals surface area contributed by atoms with Gasteiger partial charge in [0.15, 0.2) is 0 Å². The lowest BCUT2D eigenvalue weighted by Gasteiger charge is -2.41. The van der Waals surface area contributed by atoms with Gasteiger partial charge in [0.1, 0.15) is 0 Å². The minimum Gasteiger partial charge on any atom is -0.313 e. The summed E-state index contributed by atoms with van der Waals surface area (Å²) in [6.45, 7) is 17.2. The number of hydrogen-bond acceptors (Lipinski definition) is 2. The highest BCUT2D eigenvalue weighted by Gasteiger charge is 2.42. The van der Waals surface area contributed by atoms with Gasteiger partial charge in [0, 0.05) is 19.1 Å². The minimum absolute atomic E-state index is 0.477. The largest absolute Gasteiger partial charge is 0.313 e. The van der Waals surface area contributed by atoms with E-state index in [4.69, 9.17) is 0 Å². The molecule has 1 saturated carbocycles. The van der Waals surface area contributed by atoms with E-state index in [0.29, 0.717) is 16.9 Å². The molecule has 0 aromatic rings. The molecule has 2 atom stereocenters. The van der Waals surface area contributed by atoms with E-state index in [2.05, 4.69) is 44.8 Å². The Labute approximate surface area is 126 Å². The molecule has 1 heterocycles. The molecule has 0 spiro atoms. The molecule has 2 rings (SSSR count). The average Bonchev–Trinajstić information content (AvgIpc) is 2.61. The van der Waals surface area contributed by atoms with Gasteiger partial charge in [-0.1, -0.05) is 34.6 Å². The zero-order chi connectivity index (χ0) is 14.8. The second-order valence-electron chi connectivity index (χ2n) is 8.72. The van der Waals surface area contributed by atoms with Crippen molar-refractivity contribution in [1.82, 2.24) is 10.2 Å². The van der Waals surface area contributed by atoms with Crippen LogP contribution in [0, 0.1) is 16.7 Å². The van der Waals surface area contributed by atoms with Gasteiger partial charge in [-0.05, 0) is 61.9 Å². The van der Waals surface area contributed by atoms with E-state index in [-0.39, 0.29) is 0 Å². The molecule has 2 nitrogen and oxygen atoms in total. The van der Waals surface area contributed by atoms with Gasteiger partial charge >= 0.3 is 0 Å². The standard InChI is InChI=1S/C18H36N2/c1-6-11-19-16-15(8-10-18(16,4)5)13-20-12-7-9-17(2,3)14-20/h15-16,19H,6-14H2,1-5H3. The van der Waals surface area contributed by atoms with Crippen LogP contribution in [0.5, 0.6) is 0 Å². The van der Waals surface area contributed by atoms with Crippen molar-refractivity contribution in [2.75, 3.05) is 26.2 Å². The molecule has 2 aliphatic rings. The molecule has 0 amide bonds. The van der Waals surface area contributed by atoms with Crippen LogP contribution in [0.3, 0.4) is 0 Å². The van der Waals surface area contributed by atoms with Crippen LogP contribution in [0.4, 0.5) is 0 Å².